The van der Waals surface area contributed by atoms with Crippen molar-refractivity contribution in [1.82, 2.24) is 15.1 Å². The molecule has 0 saturated heterocycles. The second-order valence-corrected chi connectivity index (χ2v) is 7.50. The van der Waals surface area contributed by atoms with Gasteiger partial charge in [-0.3, -0.25) is 0 Å². The van der Waals surface area contributed by atoms with Crippen LogP contribution in [0.1, 0.15) is 10.4 Å². The number of hydrogen-bond acceptors (Lipinski definition) is 6. The lowest BCUT2D eigenvalue weighted by atomic mass is 10.2. The van der Waals surface area contributed by atoms with E-state index < -0.39 is 0 Å². The predicted molar refractivity (Wildman–Crippen MR) is 101 cm³/mol. The van der Waals surface area contributed by atoms with Crippen molar-refractivity contribution in [2.24, 2.45) is 0 Å². The number of nitrogens with zero attached hydrogens (tertiary/aromatic N) is 3. The van der Waals surface area contributed by atoms with Crippen LogP contribution in [-0.4, -0.2) is 15.1 Å². The Morgan fingerprint density at radius 3 is 2.76 bits per heavy atom. The first kappa shape index (κ1) is 16.3. The molecule has 0 spiro atoms. The fourth-order valence-corrected chi connectivity index (χ4v) is 3.65. The Balaban J connectivity index is 1.70. The van der Waals surface area contributed by atoms with Gasteiger partial charge < -0.3 is 9.84 Å². The summed E-state index contributed by atoms with van der Waals surface area (Å²) < 4.78 is 5.19. The molecular formula is C17H12Cl2N4OS. The molecule has 3 aromatic heterocycles. The van der Waals surface area contributed by atoms with E-state index in [2.05, 4.69) is 26.5 Å². The molecule has 0 aliphatic carbocycles. The summed E-state index contributed by atoms with van der Waals surface area (Å²) in [5, 5.41) is 9.13. The van der Waals surface area contributed by atoms with E-state index in [0.717, 1.165) is 26.5 Å². The summed E-state index contributed by atoms with van der Waals surface area (Å²) in [7, 11) is 0. The average Bonchev–Trinajstić information content (AvgIpc) is 3.24. The van der Waals surface area contributed by atoms with Gasteiger partial charge in [0.2, 0.25) is 11.6 Å². The van der Waals surface area contributed by atoms with E-state index in [1.165, 1.54) is 0 Å². The van der Waals surface area contributed by atoms with E-state index in [9.17, 15) is 0 Å². The average molecular weight is 391 g/mol. The number of anilines is 1. The summed E-state index contributed by atoms with van der Waals surface area (Å²) in [4.78, 5) is 11.2. The van der Waals surface area contributed by atoms with Crippen LogP contribution in [0.5, 0.6) is 0 Å². The summed E-state index contributed by atoms with van der Waals surface area (Å²) in [6, 6.07) is 9.36. The summed E-state index contributed by atoms with van der Waals surface area (Å²) in [6.45, 7) is 2.61. The smallest absolute Gasteiger partial charge is 0.204 e. The number of fused-ring (bicyclic) bond motifs is 1. The molecule has 0 atom stereocenters. The minimum Gasteiger partial charge on any atom is -0.365 e. The molecule has 0 radical (unpaired) electrons. The summed E-state index contributed by atoms with van der Waals surface area (Å²) in [5.41, 5.74) is 1.01. The number of aryl methyl sites for hydroxylation is 1. The van der Waals surface area contributed by atoms with Gasteiger partial charge in [0.25, 0.3) is 0 Å². The van der Waals surface area contributed by atoms with Crippen LogP contribution in [0.3, 0.4) is 0 Å². The quantitative estimate of drug-likeness (QED) is 0.493. The van der Waals surface area contributed by atoms with Gasteiger partial charge in [-0.2, -0.15) is 0 Å². The van der Waals surface area contributed by atoms with Crippen molar-refractivity contribution in [2.75, 3.05) is 5.32 Å². The van der Waals surface area contributed by atoms with Gasteiger partial charge in [0.15, 0.2) is 0 Å². The van der Waals surface area contributed by atoms with Crippen LogP contribution in [0.25, 0.3) is 21.8 Å². The van der Waals surface area contributed by atoms with E-state index in [4.69, 9.17) is 27.7 Å². The van der Waals surface area contributed by atoms with Crippen LogP contribution in [0.15, 0.2) is 41.1 Å². The molecule has 126 valence electrons. The van der Waals surface area contributed by atoms with Gasteiger partial charge in [0, 0.05) is 17.5 Å². The third-order valence-corrected chi connectivity index (χ3v) is 5.30. The van der Waals surface area contributed by atoms with Gasteiger partial charge in [0.1, 0.15) is 10.6 Å². The van der Waals surface area contributed by atoms with Gasteiger partial charge >= 0.3 is 0 Å². The second-order valence-electron chi connectivity index (χ2n) is 5.45. The van der Waals surface area contributed by atoms with Gasteiger partial charge in [-0.05, 0) is 30.7 Å². The molecule has 0 aliphatic rings. The van der Waals surface area contributed by atoms with E-state index in [1.54, 1.807) is 29.7 Å². The lowest BCUT2D eigenvalue weighted by Crippen LogP contribution is -2.03. The fourth-order valence-electron chi connectivity index (χ4n) is 2.45. The van der Waals surface area contributed by atoms with E-state index in [-0.39, 0.29) is 0 Å². The van der Waals surface area contributed by atoms with Gasteiger partial charge in [-0.15, -0.1) is 11.3 Å². The highest BCUT2D eigenvalue weighted by Crippen LogP contribution is 2.31. The Hall–Kier alpha value is -2.15. The molecule has 3 heterocycles. The van der Waals surface area contributed by atoms with Crippen LogP contribution in [0.2, 0.25) is 10.0 Å². The third kappa shape index (κ3) is 3.33. The second kappa shape index (κ2) is 6.63. The molecule has 0 unspecified atom stereocenters. The maximum absolute atomic E-state index is 6.08. The SMILES string of the molecule is Cc1cc2c(NCc3ccc(Cl)c(Cl)c3)nc(-c3ccno3)nc2s1. The molecule has 4 rings (SSSR count). The van der Waals surface area contributed by atoms with Crippen molar-refractivity contribution in [2.45, 2.75) is 13.5 Å². The zero-order chi connectivity index (χ0) is 17.4. The topological polar surface area (TPSA) is 63.8 Å². The van der Waals surface area contributed by atoms with Crippen molar-refractivity contribution in [3.05, 3.63) is 57.0 Å². The Morgan fingerprint density at radius 2 is 2.00 bits per heavy atom. The zero-order valence-corrected chi connectivity index (χ0v) is 15.4. The lowest BCUT2D eigenvalue weighted by molar-refractivity contribution is 0.430. The maximum atomic E-state index is 6.08. The minimum absolute atomic E-state index is 0.503. The van der Waals surface area contributed by atoms with E-state index in [0.29, 0.717) is 28.2 Å². The Morgan fingerprint density at radius 1 is 1.12 bits per heavy atom. The van der Waals surface area contributed by atoms with Crippen LogP contribution in [0, 0.1) is 6.92 Å². The molecule has 0 amide bonds. The molecule has 0 saturated carbocycles. The number of nitrogens with one attached hydrogen (secondary N) is 1. The highest BCUT2D eigenvalue weighted by molar-refractivity contribution is 7.18. The maximum Gasteiger partial charge on any atom is 0.204 e. The van der Waals surface area contributed by atoms with Gasteiger partial charge in [0.05, 0.1) is 21.6 Å². The van der Waals surface area contributed by atoms with Gasteiger partial charge in [-0.25, -0.2) is 9.97 Å². The molecule has 0 aliphatic heterocycles. The zero-order valence-electron chi connectivity index (χ0n) is 13.1. The summed E-state index contributed by atoms with van der Waals surface area (Å²) >= 11 is 13.7. The fraction of sp³-hybridized carbons (Fsp3) is 0.118. The Labute approximate surface area is 157 Å². The Bertz CT molecular complexity index is 1050. The minimum atomic E-state index is 0.503. The number of hydrogen-bond donors (Lipinski definition) is 1. The molecule has 5 nitrogen and oxygen atoms in total. The van der Waals surface area contributed by atoms with Crippen LogP contribution in [-0.2, 0) is 6.54 Å². The highest BCUT2D eigenvalue weighted by atomic mass is 35.5. The predicted octanol–water partition coefficient (Wildman–Crippen LogP) is 5.57. The van der Waals surface area contributed by atoms with Crippen LogP contribution < -0.4 is 5.32 Å². The molecule has 1 N–H and O–H groups in total. The van der Waals surface area contributed by atoms with E-state index in [1.807, 2.05) is 19.1 Å². The number of aromatic nitrogens is 3. The van der Waals surface area contributed by atoms with Crippen molar-refractivity contribution in [3.63, 3.8) is 0 Å². The molecule has 1 aromatic carbocycles. The first-order valence-corrected chi connectivity index (χ1v) is 9.04. The standard InChI is InChI=1S/C17H12Cl2N4OS/c1-9-6-11-15(20-8-10-2-3-12(18)13(19)7-10)22-16(23-17(11)25-9)14-4-5-21-24-14/h2-7H,8H2,1H3,(H,20,22,23). The monoisotopic (exact) mass is 390 g/mol. The number of rotatable bonds is 4. The third-order valence-electron chi connectivity index (χ3n) is 3.62. The Kier molecular flexibility index (Phi) is 4.33. The van der Waals surface area contributed by atoms with Crippen molar-refractivity contribution >= 4 is 50.6 Å². The van der Waals surface area contributed by atoms with Crippen molar-refractivity contribution in [1.29, 1.82) is 0 Å². The number of thiophene rings is 1. The first-order chi connectivity index (χ1) is 12.1. The first-order valence-electron chi connectivity index (χ1n) is 7.47. The number of halogens is 2. The van der Waals surface area contributed by atoms with Crippen molar-refractivity contribution in [3.8, 4) is 11.6 Å². The molecule has 8 heteroatoms. The summed E-state index contributed by atoms with van der Waals surface area (Å²) in [5.74, 6) is 1.78. The summed E-state index contributed by atoms with van der Waals surface area (Å²) in [6.07, 6.45) is 1.57. The molecule has 0 bridgehead atoms. The largest absolute Gasteiger partial charge is 0.365 e. The van der Waals surface area contributed by atoms with Crippen molar-refractivity contribution < 1.29 is 4.52 Å². The van der Waals surface area contributed by atoms with Crippen LogP contribution in [0.4, 0.5) is 5.82 Å². The van der Waals surface area contributed by atoms with Crippen LogP contribution >= 0.6 is 34.5 Å². The van der Waals surface area contributed by atoms with E-state index >= 15 is 0 Å². The molecular weight excluding hydrogens is 379 g/mol. The molecule has 25 heavy (non-hydrogen) atoms. The number of benzene rings is 1. The molecule has 0 fully saturated rings. The van der Waals surface area contributed by atoms with Gasteiger partial charge in [-0.1, -0.05) is 34.4 Å². The molecule has 4 aromatic rings. The highest BCUT2D eigenvalue weighted by Gasteiger charge is 2.14. The normalized spacial score (nSPS) is 11.2. The lowest BCUT2D eigenvalue weighted by Gasteiger charge is -2.09.